The van der Waals surface area contributed by atoms with E-state index in [0.29, 0.717) is 48.4 Å². The molecule has 5 N–H and O–H groups in total. The van der Waals surface area contributed by atoms with E-state index in [1.54, 1.807) is 13.1 Å². The first kappa shape index (κ1) is 29.9. The minimum Gasteiger partial charge on any atom is -0.404 e. The Bertz CT molecular complexity index is 1060. The summed E-state index contributed by atoms with van der Waals surface area (Å²) in [7, 11) is 1.16. The summed E-state index contributed by atoms with van der Waals surface area (Å²) in [6.07, 6.45) is 3.96. The summed E-state index contributed by atoms with van der Waals surface area (Å²) in [5.41, 5.74) is -0.107. The largest absolute Gasteiger partial charge is 0.481 e. The molecule has 4 fully saturated rings. The van der Waals surface area contributed by atoms with Gasteiger partial charge in [0.25, 0.3) is 5.91 Å². The SMILES string of the molecule is CNC(=N)NCCC[C@H](NC(=O)c1ccc(C)s1)C(=O)N[C@@H](CC(C)C)B1O[C@@H]2C[C@@H]3C[C@@H](C3(C)C)[C@]2(C)O1. The van der Waals surface area contributed by atoms with Crippen LogP contribution in [-0.4, -0.2) is 62.2 Å². The average Bonchev–Trinajstić information content (AvgIpc) is 3.47. The lowest BCUT2D eigenvalue weighted by Crippen LogP contribution is -2.65. The second-order valence-electron chi connectivity index (χ2n) is 12.7. The first-order chi connectivity index (χ1) is 18.3. The number of amides is 2. The molecule has 1 aromatic rings. The number of thiophene rings is 1. The van der Waals surface area contributed by atoms with Crippen molar-refractivity contribution in [2.24, 2.45) is 23.2 Å². The van der Waals surface area contributed by atoms with Crippen LogP contribution in [-0.2, 0) is 14.1 Å². The second-order valence-corrected chi connectivity index (χ2v) is 14.0. The van der Waals surface area contributed by atoms with Gasteiger partial charge in [0.05, 0.1) is 22.5 Å². The molecule has 0 radical (unpaired) electrons. The molecule has 1 saturated heterocycles. The summed E-state index contributed by atoms with van der Waals surface area (Å²) in [5.74, 6) is 0.832. The molecule has 2 heterocycles. The highest BCUT2D eigenvalue weighted by Gasteiger charge is 2.68. The fourth-order valence-electron chi connectivity index (χ4n) is 6.76. The first-order valence-electron chi connectivity index (χ1n) is 14.4. The van der Waals surface area contributed by atoms with Gasteiger partial charge in [-0.1, -0.05) is 27.7 Å². The average molecular weight is 560 g/mol. The van der Waals surface area contributed by atoms with Crippen molar-refractivity contribution in [2.45, 2.75) is 97.3 Å². The van der Waals surface area contributed by atoms with E-state index in [0.717, 1.165) is 11.3 Å². The lowest BCUT2D eigenvalue weighted by molar-refractivity contribution is -0.199. The third-order valence-electron chi connectivity index (χ3n) is 9.16. The molecule has 3 saturated carbocycles. The Balaban J connectivity index is 1.45. The van der Waals surface area contributed by atoms with Gasteiger partial charge in [-0.3, -0.25) is 15.0 Å². The highest BCUT2D eigenvalue weighted by atomic mass is 32.1. The third-order valence-corrected chi connectivity index (χ3v) is 10.2. The zero-order valence-electron chi connectivity index (χ0n) is 24.5. The molecule has 39 heavy (non-hydrogen) atoms. The third kappa shape index (κ3) is 6.30. The van der Waals surface area contributed by atoms with Crippen molar-refractivity contribution in [3.8, 4) is 0 Å². The minimum atomic E-state index is -0.717. The van der Waals surface area contributed by atoms with E-state index in [1.165, 1.54) is 17.8 Å². The predicted molar refractivity (Wildman–Crippen MR) is 156 cm³/mol. The van der Waals surface area contributed by atoms with Crippen LogP contribution in [0, 0.1) is 35.5 Å². The highest BCUT2D eigenvalue weighted by Crippen LogP contribution is 2.65. The molecule has 5 rings (SSSR count). The van der Waals surface area contributed by atoms with E-state index in [-0.39, 0.29) is 40.8 Å². The molecule has 6 atom stereocenters. The van der Waals surface area contributed by atoms with Crippen LogP contribution in [0.3, 0.4) is 0 Å². The number of carbonyl (C=O) groups excluding carboxylic acids is 2. The van der Waals surface area contributed by atoms with Crippen molar-refractivity contribution >= 4 is 36.2 Å². The Morgan fingerprint density at radius 3 is 2.56 bits per heavy atom. The number of nitrogens with one attached hydrogen (secondary N) is 5. The highest BCUT2D eigenvalue weighted by molar-refractivity contribution is 7.13. The van der Waals surface area contributed by atoms with Gasteiger partial charge in [-0.15, -0.1) is 11.3 Å². The second kappa shape index (κ2) is 11.8. The van der Waals surface area contributed by atoms with E-state index in [2.05, 4.69) is 55.9 Å². The summed E-state index contributed by atoms with van der Waals surface area (Å²) in [4.78, 5) is 28.3. The van der Waals surface area contributed by atoms with Gasteiger partial charge in [-0.2, -0.15) is 0 Å². The molecule has 1 aliphatic heterocycles. The number of hydrogen-bond acceptors (Lipinski definition) is 6. The van der Waals surface area contributed by atoms with E-state index in [9.17, 15) is 9.59 Å². The molecule has 2 bridgehead atoms. The molecule has 2 amide bonds. The molecular weight excluding hydrogens is 513 g/mol. The topological polar surface area (TPSA) is 125 Å². The monoisotopic (exact) mass is 559 g/mol. The van der Waals surface area contributed by atoms with Gasteiger partial charge >= 0.3 is 7.12 Å². The smallest absolute Gasteiger partial charge is 0.404 e. The van der Waals surface area contributed by atoms with E-state index in [1.807, 2.05) is 13.0 Å². The molecule has 216 valence electrons. The Labute approximate surface area is 237 Å². The standard InChI is InChI=1S/C28H46BN5O4S/c1-16(2)13-23(29-37-22-15-18-14-21(27(18,4)5)28(22,6)38-29)34-24(35)19(9-8-12-32-26(30)31-7)33-25(36)20-11-10-17(3)39-20/h10-11,16,18-19,21-23H,8-9,12-15H2,1-7H3,(H,33,36)(H,34,35)(H3,30,31,32)/t18-,19-,21-,22+,23-,28-/m0/s1. The number of guanidine groups is 1. The fraction of sp³-hybridized carbons (Fsp3) is 0.750. The number of aryl methyl sites for hydroxylation is 1. The molecule has 0 aromatic carbocycles. The Hall–Kier alpha value is -2.11. The molecular formula is C28H46BN5O4S. The van der Waals surface area contributed by atoms with Crippen molar-refractivity contribution in [1.29, 1.82) is 5.41 Å². The van der Waals surface area contributed by atoms with Crippen LogP contribution in [0.2, 0.25) is 0 Å². The van der Waals surface area contributed by atoms with Crippen LogP contribution in [0.1, 0.15) is 81.3 Å². The van der Waals surface area contributed by atoms with Gasteiger partial charge in [0.1, 0.15) is 6.04 Å². The van der Waals surface area contributed by atoms with Crippen LogP contribution in [0.4, 0.5) is 0 Å². The lowest BCUT2D eigenvalue weighted by atomic mass is 9.43. The summed E-state index contributed by atoms with van der Waals surface area (Å²) < 4.78 is 13.2. The normalized spacial score (nSPS) is 28.2. The van der Waals surface area contributed by atoms with Gasteiger partial charge < -0.3 is 30.6 Å². The maximum Gasteiger partial charge on any atom is 0.481 e. The van der Waals surface area contributed by atoms with Crippen molar-refractivity contribution < 1.29 is 18.9 Å². The van der Waals surface area contributed by atoms with Gasteiger partial charge in [0.15, 0.2) is 5.96 Å². The van der Waals surface area contributed by atoms with Gasteiger partial charge in [0, 0.05) is 18.5 Å². The maximum atomic E-state index is 13.7. The molecule has 11 heteroatoms. The Morgan fingerprint density at radius 2 is 1.95 bits per heavy atom. The quantitative estimate of drug-likeness (QED) is 0.122. The van der Waals surface area contributed by atoms with Crippen LogP contribution in [0.25, 0.3) is 0 Å². The predicted octanol–water partition coefficient (Wildman–Crippen LogP) is 3.48. The zero-order valence-corrected chi connectivity index (χ0v) is 25.3. The number of hydrogen-bond donors (Lipinski definition) is 5. The summed E-state index contributed by atoms with van der Waals surface area (Å²) in [6.45, 7) is 13.6. The maximum absolute atomic E-state index is 13.7. The number of rotatable bonds is 11. The Kier molecular flexibility index (Phi) is 9.03. The zero-order chi connectivity index (χ0) is 28.5. The van der Waals surface area contributed by atoms with Gasteiger partial charge in [-0.05, 0) is 81.3 Å². The van der Waals surface area contributed by atoms with E-state index >= 15 is 0 Å². The van der Waals surface area contributed by atoms with Crippen LogP contribution < -0.4 is 21.3 Å². The number of carbonyl (C=O) groups is 2. The molecule has 3 aliphatic carbocycles. The summed E-state index contributed by atoms with van der Waals surface area (Å²) >= 11 is 1.41. The molecule has 1 aromatic heterocycles. The molecule has 0 unspecified atom stereocenters. The van der Waals surface area contributed by atoms with Crippen LogP contribution in [0.5, 0.6) is 0 Å². The van der Waals surface area contributed by atoms with Crippen molar-refractivity contribution in [2.75, 3.05) is 13.6 Å². The van der Waals surface area contributed by atoms with Crippen molar-refractivity contribution in [3.63, 3.8) is 0 Å². The van der Waals surface area contributed by atoms with Crippen LogP contribution >= 0.6 is 11.3 Å². The Morgan fingerprint density at radius 1 is 1.21 bits per heavy atom. The van der Waals surface area contributed by atoms with Crippen molar-refractivity contribution in [1.82, 2.24) is 21.3 Å². The molecule has 0 spiro atoms. The first-order valence-corrected chi connectivity index (χ1v) is 15.2. The van der Waals surface area contributed by atoms with E-state index in [4.69, 9.17) is 14.7 Å². The summed E-state index contributed by atoms with van der Waals surface area (Å²) in [6, 6.07) is 2.98. The van der Waals surface area contributed by atoms with Crippen molar-refractivity contribution in [3.05, 3.63) is 21.9 Å². The molecule has 9 nitrogen and oxygen atoms in total. The summed E-state index contributed by atoms with van der Waals surface area (Å²) in [5, 5.41) is 19.6. The lowest BCUT2D eigenvalue weighted by Gasteiger charge is -2.64. The fourth-order valence-corrected chi connectivity index (χ4v) is 7.53. The van der Waals surface area contributed by atoms with E-state index < -0.39 is 13.2 Å². The van der Waals surface area contributed by atoms with Gasteiger partial charge in [-0.25, -0.2) is 0 Å². The minimum absolute atomic E-state index is 0.0389. The molecule has 4 aliphatic rings. The van der Waals surface area contributed by atoms with Crippen LogP contribution in [0.15, 0.2) is 12.1 Å². The van der Waals surface area contributed by atoms with Gasteiger partial charge in [0.2, 0.25) is 5.91 Å².